The third-order valence-corrected chi connectivity index (χ3v) is 7.14. The number of nitrogens with zero attached hydrogens (tertiary/aromatic N) is 4. The van der Waals surface area contributed by atoms with Crippen LogP contribution >= 0.6 is 11.7 Å². The van der Waals surface area contributed by atoms with Crippen LogP contribution in [0.1, 0.15) is 5.56 Å². The van der Waals surface area contributed by atoms with Crippen LogP contribution in [0.2, 0.25) is 0 Å². The van der Waals surface area contributed by atoms with Crippen molar-refractivity contribution in [3.63, 3.8) is 0 Å². The molecule has 2 aromatic heterocycles. The molecule has 0 saturated heterocycles. The van der Waals surface area contributed by atoms with Gasteiger partial charge >= 0.3 is 0 Å². The lowest BCUT2D eigenvalue weighted by Crippen LogP contribution is -2.07. The number of aromatic nitrogens is 4. The van der Waals surface area contributed by atoms with Crippen molar-refractivity contribution in [2.24, 2.45) is 0 Å². The van der Waals surface area contributed by atoms with Crippen LogP contribution in [0.25, 0.3) is 22.1 Å². The van der Waals surface area contributed by atoms with E-state index in [4.69, 9.17) is 0 Å². The van der Waals surface area contributed by atoms with Crippen molar-refractivity contribution in [1.29, 1.82) is 0 Å². The van der Waals surface area contributed by atoms with E-state index in [0.29, 0.717) is 11.1 Å². The van der Waals surface area contributed by atoms with E-state index >= 15 is 0 Å². The van der Waals surface area contributed by atoms with E-state index in [1.165, 1.54) is 18.2 Å². The molecule has 2 aromatic carbocycles. The number of hydrogen-bond donors (Lipinski definition) is 0. The van der Waals surface area contributed by atoms with Crippen molar-refractivity contribution < 1.29 is 21.5 Å². The molecule has 0 fully saturated rings. The number of fused-ring (bicyclic) bond motifs is 2. The minimum absolute atomic E-state index is 0.0141. The second-order valence-corrected chi connectivity index (χ2v) is 10.1. The molecule has 0 radical (unpaired) electrons. The molecule has 12 heteroatoms. The van der Waals surface area contributed by atoms with Gasteiger partial charge in [-0.05, 0) is 34.1 Å². The molecule has 26 heavy (non-hydrogen) atoms. The Morgan fingerprint density at radius 1 is 0.923 bits per heavy atom. The van der Waals surface area contributed by atoms with Gasteiger partial charge in [0.15, 0.2) is 25.2 Å². The average molecular weight is 410 g/mol. The topological polar surface area (TPSA) is 133 Å². The summed E-state index contributed by atoms with van der Waals surface area (Å²) < 4.78 is 62.2. The first kappa shape index (κ1) is 17.0. The third-order valence-electron chi connectivity index (χ3n) is 3.79. The second kappa shape index (κ2) is 5.79. The molecule has 2 heterocycles. The van der Waals surface area contributed by atoms with Gasteiger partial charge in [0.1, 0.15) is 16.6 Å². The highest BCUT2D eigenvalue weighted by molar-refractivity contribution is 7.91. The average Bonchev–Trinajstić information content (AvgIpc) is 3.22. The Bertz CT molecular complexity index is 1360. The molecule has 0 amide bonds. The Morgan fingerprint density at radius 3 is 2.46 bits per heavy atom. The molecule has 0 aliphatic rings. The Hall–Kier alpha value is -2.44. The summed E-state index contributed by atoms with van der Waals surface area (Å²) in [4.78, 5) is 0.00461. The van der Waals surface area contributed by atoms with Crippen molar-refractivity contribution in [1.82, 2.24) is 19.1 Å². The predicted molar refractivity (Wildman–Crippen MR) is 93.2 cm³/mol. The summed E-state index contributed by atoms with van der Waals surface area (Å²) in [7, 11) is -7.31. The summed E-state index contributed by atoms with van der Waals surface area (Å²) in [6.07, 6.45) is 1.07. The summed E-state index contributed by atoms with van der Waals surface area (Å²) in [5.74, 6) is -0.384. The van der Waals surface area contributed by atoms with Gasteiger partial charge in [-0.25, -0.2) is 21.5 Å². The Labute approximate surface area is 151 Å². The van der Waals surface area contributed by atoms with Gasteiger partial charge in [0.2, 0.25) is 0 Å². The van der Waals surface area contributed by atoms with Crippen LogP contribution in [-0.4, -0.2) is 42.2 Å². The second-order valence-electron chi connectivity index (χ2n) is 5.60. The first-order valence-corrected chi connectivity index (χ1v) is 11.4. The van der Waals surface area contributed by atoms with Gasteiger partial charge in [0, 0.05) is 6.26 Å². The quantitative estimate of drug-likeness (QED) is 0.492. The maximum Gasteiger partial charge on any atom is 0.184 e. The first-order valence-electron chi connectivity index (χ1n) is 7.15. The Balaban J connectivity index is 1.85. The molecule has 0 atom stereocenters. The van der Waals surface area contributed by atoms with Gasteiger partial charge in [0.05, 0.1) is 27.3 Å². The Kier molecular flexibility index (Phi) is 3.78. The molecule has 4 rings (SSSR count). The zero-order valence-electron chi connectivity index (χ0n) is 13.1. The smallest absolute Gasteiger partial charge is 0.184 e. The van der Waals surface area contributed by atoms with Crippen LogP contribution in [-0.2, 0) is 25.4 Å². The van der Waals surface area contributed by atoms with Gasteiger partial charge in [0.25, 0.3) is 0 Å². The van der Waals surface area contributed by atoms with Crippen LogP contribution in [0.3, 0.4) is 0 Å². The summed E-state index contributed by atoms with van der Waals surface area (Å²) in [6.45, 7) is 0. The zero-order chi connectivity index (χ0) is 18.5. The molecule has 0 unspecified atom stereocenters. The maximum atomic E-state index is 12.9. The van der Waals surface area contributed by atoms with E-state index < -0.39 is 19.7 Å². The van der Waals surface area contributed by atoms with E-state index in [2.05, 4.69) is 23.7 Å². The number of sulfone groups is 2. The van der Waals surface area contributed by atoms with Crippen molar-refractivity contribution in [3.8, 4) is 0 Å². The summed E-state index contributed by atoms with van der Waals surface area (Å²) >= 11 is 0.826. The Morgan fingerprint density at radius 2 is 1.69 bits per heavy atom. The number of benzene rings is 2. The van der Waals surface area contributed by atoms with Gasteiger partial charge in [-0.2, -0.15) is 8.75 Å². The van der Waals surface area contributed by atoms with E-state index in [0.717, 1.165) is 18.0 Å². The van der Waals surface area contributed by atoms with E-state index in [9.17, 15) is 16.8 Å². The highest BCUT2D eigenvalue weighted by Gasteiger charge is 2.24. The van der Waals surface area contributed by atoms with Crippen molar-refractivity contribution in [3.05, 3.63) is 35.9 Å². The molecular formula is C14H10N4O5S3. The van der Waals surface area contributed by atoms with Crippen molar-refractivity contribution in [2.45, 2.75) is 15.5 Å². The SMILES string of the molecule is CS(=O)(=O)c1ccc(CS(=O)(=O)c2cccc3nonc23)c2nsnc12. The molecule has 0 N–H and O–H groups in total. The lowest BCUT2D eigenvalue weighted by atomic mass is 10.2. The summed E-state index contributed by atoms with van der Waals surface area (Å²) in [5, 5.41) is 7.30. The molecule has 0 saturated carbocycles. The molecule has 0 spiro atoms. The maximum absolute atomic E-state index is 12.9. The van der Waals surface area contributed by atoms with Gasteiger partial charge < -0.3 is 0 Å². The van der Waals surface area contributed by atoms with E-state index in [1.54, 1.807) is 12.1 Å². The fourth-order valence-corrected chi connectivity index (χ4v) is 5.60. The molecule has 4 aromatic rings. The molecule has 9 nitrogen and oxygen atoms in total. The minimum Gasteiger partial charge on any atom is -0.243 e. The van der Waals surface area contributed by atoms with Gasteiger partial charge in [-0.15, -0.1) is 0 Å². The van der Waals surface area contributed by atoms with Crippen LogP contribution in [0.4, 0.5) is 0 Å². The lowest BCUT2D eigenvalue weighted by molar-refractivity contribution is 0.315. The fraction of sp³-hybridized carbons (Fsp3) is 0.143. The number of hydrogen-bond acceptors (Lipinski definition) is 10. The molecule has 0 aliphatic carbocycles. The van der Waals surface area contributed by atoms with Crippen molar-refractivity contribution >= 4 is 53.5 Å². The van der Waals surface area contributed by atoms with E-state index in [-0.39, 0.29) is 32.1 Å². The van der Waals surface area contributed by atoms with Crippen LogP contribution in [0.15, 0.2) is 44.8 Å². The van der Waals surface area contributed by atoms with Crippen molar-refractivity contribution in [2.75, 3.05) is 6.26 Å². The summed E-state index contributed by atoms with van der Waals surface area (Å²) in [5.41, 5.74) is 1.26. The largest absolute Gasteiger partial charge is 0.243 e. The highest BCUT2D eigenvalue weighted by atomic mass is 32.2. The molecule has 0 bridgehead atoms. The number of rotatable bonds is 4. The van der Waals surface area contributed by atoms with Gasteiger partial charge in [-0.3, -0.25) is 0 Å². The highest BCUT2D eigenvalue weighted by Crippen LogP contribution is 2.29. The van der Waals surface area contributed by atoms with Gasteiger partial charge in [-0.1, -0.05) is 12.1 Å². The van der Waals surface area contributed by atoms with Crippen LogP contribution in [0, 0.1) is 0 Å². The fourth-order valence-electron chi connectivity index (χ4n) is 2.63. The molecular weight excluding hydrogens is 400 g/mol. The lowest BCUT2D eigenvalue weighted by Gasteiger charge is -2.07. The standard InChI is InChI=1S/C14H10N4O5S3/c1-25(19,20)10-6-5-8(12-14(10)18-24-17-12)7-26(21,22)11-4-2-3-9-13(11)16-23-15-9/h2-6H,7H2,1H3. The predicted octanol–water partition coefficient (Wildman–Crippen LogP) is 1.60. The third kappa shape index (κ3) is 2.75. The normalized spacial score (nSPS) is 12.8. The summed E-state index contributed by atoms with van der Waals surface area (Å²) in [6, 6.07) is 7.35. The zero-order valence-corrected chi connectivity index (χ0v) is 15.6. The van der Waals surface area contributed by atoms with E-state index in [1.807, 2.05) is 0 Å². The minimum atomic E-state index is -3.80. The monoisotopic (exact) mass is 410 g/mol. The molecule has 0 aliphatic heterocycles. The molecule has 134 valence electrons. The first-order chi connectivity index (χ1) is 12.3. The van der Waals surface area contributed by atoms with Crippen LogP contribution in [0.5, 0.6) is 0 Å². The van der Waals surface area contributed by atoms with Crippen LogP contribution < -0.4 is 0 Å².